The summed E-state index contributed by atoms with van der Waals surface area (Å²) in [6, 6.07) is 11.5. The van der Waals surface area contributed by atoms with E-state index in [0.717, 1.165) is 5.39 Å². The van der Waals surface area contributed by atoms with E-state index in [4.69, 9.17) is 16.7 Å². The highest BCUT2D eigenvalue weighted by atomic mass is 35.5. The quantitative estimate of drug-likeness (QED) is 0.714. The van der Waals surface area contributed by atoms with Crippen molar-refractivity contribution in [2.24, 2.45) is 0 Å². The lowest BCUT2D eigenvalue weighted by Crippen LogP contribution is -1.96. The first-order valence-electron chi connectivity index (χ1n) is 6.14. The lowest BCUT2D eigenvalue weighted by molar-refractivity contribution is 0.0697. The Balaban J connectivity index is 2.34. The number of hydrogen-bond donors (Lipinski definition) is 1. The summed E-state index contributed by atoms with van der Waals surface area (Å²) < 4.78 is 13.4. The number of fused-ring (bicyclic) bond motifs is 1. The summed E-state index contributed by atoms with van der Waals surface area (Å²) in [5, 5.41) is 11.0. The first-order chi connectivity index (χ1) is 10.1. The molecule has 5 heteroatoms. The number of hydrogen-bond acceptors (Lipinski definition) is 2. The molecule has 3 nitrogen and oxygen atoms in total. The monoisotopic (exact) mass is 301 g/mol. The summed E-state index contributed by atoms with van der Waals surface area (Å²) in [6.07, 6.45) is 1.24. The molecule has 0 spiro atoms. The number of aromatic nitrogens is 1. The van der Waals surface area contributed by atoms with E-state index in [9.17, 15) is 9.18 Å². The zero-order valence-corrected chi connectivity index (χ0v) is 11.4. The van der Waals surface area contributed by atoms with Gasteiger partial charge in [0.15, 0.2) is 0 Å². The molecule has 0 bridgehead atoms. The number of halogens is 2. The second-order valence-electron chi connectivity index (χ2n) is 4.53. The van der Waals surface area contributed by atoms with Gasteiger partial charge in [-0.25, -0.2) is 9.78 Å². The fourth-order valence-corrected chi connectivity index (χ4v) is 2.47. The Hall–Kier alpha value is -2.46. The smallest absolute Gasteiger partial charge is 0.335 e. The standard InChI is InChI=1S/C16H9ClFNO2/c17-14-8-19-15(18)7-13(14)11-3-1-2-9-4-5-10(16(20)21)6-12(9)11/h1-8H,(H,20,21). The van der Waals surface area contributed by atoms with E-state index in [1.807, 2.05) is 12.1 Å². The molecule has 0 aliphatic rings. The molecule has 0 unspecified atom stereocenters. The van der Waals surface area contributed by atoms with E-state index in [1.165, 1.54) is 18.3 Å². The normalized spacial score (nSPS) is 10.8. The number of carboxylic acid groups (broad SMARTS) is 1. The molecule has 1 heterocycles. The molecule has 0 aliphatic carbocycles. The summed E-state index contributed by atoms with van der Waals surface area (Å²) in [5.74, 6) is -1.65. The lowest BCUT2D eigenvalue weighted by Gasteiger charge is -2.09. The number of carbonyl (C=O) groups is 1. The third kappa shape index (κ3) is 2.45. The second kappa shape index (κ2) is 5.14. The topological polar surface area (TPSA) is 50.2 Å². The van der Waals surface area contributed by atoms with Crippen molar-refractivity contribution in [2.45, 2.75) is 0 Å². The van der Waals surface area contributed by atoms with E-state index in [0.29, 0.717) is 21.5 Å². The molecule has 0 saturated heterocycles. The van der Waals surface area contributed by atoms with Crippen molar-refractivity contribution >= 4 is 28.3 Å². The van der Waals surface area contributed by atoms with Gasteiger partial charge in [-0.05, 0) is 28.5 Å². The lowest BCUT2D eigenvalue weighted by atomic mass is 9.97. The van der Waals surface area contributed by atoms with Crippen LogP contribution in [0.5, 0.6) is 0 Å². The molecule has 0 atom stereocenters. The maximum atomic E-state index is 13.4. The Morgan fingerprint density at radius 3 is 2.71 bits per heavy atom. The van der Waals surface area contributed by atoms with E-state index >= 15 is 0 Å². The summed E-state index contributed by atoms with van der Waals surface area (Å²) >= 11 is 6.09. The van der Waals surface area contributed by atoms with Crippen LogP contribution in [0.1, 0.15) is 10.4 Å². The Labute approximate surface area is 124 Å². The highest BCUT2D eigenvalue weighted by molar-refractivity contribution is 6.33. The van der Waals surface area contributed by atoms with Crippen LogP contribution in [0.25, 0.3) is 21.9 Å². The number of nitrogens with zero attached hydrogens (tertiary/aromatic N) is 1. The third-order valence-corrected chi connectivity index (χ3v) is 3.54. The third-order valence-electron chi connectivity index (χ3n) is 3.24. The molecule has 0 saturated carbocycles. The van der Waals surface area contributed by atoms with Crippen LogP contribution in [-0.4, -0.2) is 16.1 Å². The number of benzene rings is 2. The zero-order chi connectivity index (χ0) is 15.0. The first kappa shape index (κ1) is 13.5. The van der Waals surface area contributed by atoms with Crippen molar-refractivity contribution in [2.75, 3.05) is 0 Å². The van der Waals surface area contributed by atoms with Gasteiger partial charge in [-0.1, -0.05) is 35.9 Å². The highest BCUT2D eigenvalue weighted by Gasteiger charge is 2.11. The van der Waals surface area contributed by atoms with Gasteiger partial charge in [-0.3, -0.25) is 0 Å². The van der Waals surface area contributed by atoms with E-state index in [2.05, 4.69) is 4.98 Å². The molecule has 3 aromatic rings. The summed E-state index contributed by atoms with van der Waals surface area (Å²) in [4.78, 5) is 14.6. The maximum absolute atomic E-state index is 13.4. The Morgan fingerprint density at radius 1 is 1.14 bits per heavy atom. The molecule has 0 amide bonds. The summed E-state index contributed by atoms with van der Waals surface area (Å²) in [7, 11) is 0. The fourth-order valence-electron chi connectivity index (χ4n) is 2.26. The summed E-state index contributed by atoms with van der Waals surface area (Å²) in [5.41, 5.74) is 1.32. The van der Waals surface area contributed by atoms with Crippen molar-refractivity contribution in [1.29, 1.82) is 0 Å². The van der Waals surface area contributed by atoms with Crippen molar-refractivity contribution in [3.8, 4) is 11.1 Å². The van der Waals surface area contributed by atoms with E-state index in [-0.39, 0.29) is 5.56 Å². The van der Waals surface area contributed by atoms with Crippen LogP contribution in [-0.2, 0) is 0 Å². The molecule has 0 fully saturated rings. The Morgan fingerprint density at radius 2 is 1.95 bits per heavy atom. The van der Waals surface area contributed by atoms with Crippen LogP contribution in [0.3, 0.4) is 0 Å². The first-order valence-corrected chi connectivity index (χ1v) is 6.51. The predicted molar refractivity (Wildman–Crippen MR) is 79.1 cm³/mol. The molecule has 2 aromatic carbocycles. The number of aromatic carboxylic acids is 1. The van der Waals surface area contributed by atoms with E-state index < -0.39 is 11.9 Å². The van der Waals surface area contributed by atoms with Crippen LogP contribution in [0.2, 0.25) is 5.02 Å². The maximum Gasteiger partial charge on any atom is 0.335 e. The fraction of sp³-hybridized carbons (Fsp3) is 0. The van der Waals surface area contributed by atoms with Crippen molar-refractivity contribution < 1.29 is 14.3 Å². The molecular weight excluding hydrogens is 293 g/mol. The van der Waals surface area contributed by atoms with Gasteiger partial charge in [0.1, 0.15) is 0 Å². The van der Waals surface area contributed by atoms with Crippen LogP contribution >= 0.6 is 11.6 Å². The molecule has 104 valence electrons. The molecule has 3 rings (SSSR count). The molecule has 1 N–H and O–H groups in total. The van der Waals surface area contributed by atoms with Gasteiger partial charge in [-0.2, -0.15) is 4.39 Å². The van der Waals surface area contributed by atoms with Crippen molar-refractivity contribution in [3.05, 3.63) is 65.2 Å². The van der Waals surface area contributed by atoms with Crippen LogP contribution in [0, 0.1) is 5.95 Å². The average Bonchev–Trinajstić information content (AvgIpc) is 2.48. The minimum Gasteiger partial charge on any atom is -0.478 e. The van der Waals surface area contributed by atoms with Gasteiger partial charge in [0.05, 0.1) is 10.6 Å². The minimum atomic E-state index is -1.02. The van der Waals surface area contributed by atoms with E-state index in [1.54, 1.807) is 18.2 Å². The largest absolute Gasteiger partial charge is 0.478 e. The number of rotatable bonds is 2. The molecular formula is C16H9ClFNO2. The second-order valence-corrected chi connectivity index (χ2v) is 4.94. The minimum absolute atomic E-state index is 0.167. The van der Waals surface area contributed by atoms with Gasteiger partial charge in [0, 0.05) is 17.8 Å². The summed E-state index contributed by atoms with van der Waals surface area (Å²) in [6.45, 7) is 0. The molecule has 21 heavy (non-hydrogen) atoms. The highest BCUT2D eigenvalue weighted by Crippen LogP contribution is 2.33. The Kier molecular flexibility index (Phi) is 3.31. The van der Waals surface area contributed by atoms with Gasteiger partial charge < -0.3 is 5.11 Å². The van der Waals surface area contributed by atoms with Crippen LogP contribution in [0.4, 0.5) is 4.39 Å². The average molecular weight is 302 g/mol. The Bertz CT molecular complexity index is 864. The predicted octanol–water partition coefficient (Wildman–Crippen LogP) is 4.39. The molecule has 0 aliphatic heterocycles. The number of pyridine rings is 1. The van der Waals surface area contributed by atoms with Gasteiger partial charge >= 0.3 is 5.97 Å². The van der Waals surface area contributed by atoms with Gasteiger partial charge in [0.25, 0.3) is 0 Å². The molecule has 1 aromatic heterocycles. The van der Waals surface area contributed by atoms with Gasteiger partial charge in [-0.15, -0.1) is 0 Å². The van der Waals surface area contributed by atoms with Crippen LogP contribution < -0.4 is 0 Å². The van der Waals surface area contributed by atoms with Crippen molar-refractivity contribution in [1.82, 2.24) is 4.98 Å². The zero-order valence-electron chi connectivity index (χ0n) is 10.7. The molecule has 0 radical (unpaired) electrons. The number of carboxylic acids is 1. The SMILES string of the molecule is O=C(O)c1ccc2cccc(-c3cc(F)ncc3Cl)c2c1. The van der Waals surface area contributed by atoms with Crippen LogP contribution in [0.15, 0.2) is 48.7 Å². The van der Waals surface area contributed by atoms with Crippen molar-refractivity contribution in [3.63, 3.8) is 0 Å². The van der Waals surface area contributed by atoms with Gasteiger partial charge in [0.2, 0.25) is 5.95 Å².